The second-order valence-corrected chi connectivity index (χ2v) is 12.0. The first-order chi connectivity index (χ1) is 19.5. The number of ether oxygens (including phenoxy) is 1. The summed E-state index contributed by atoms with van der Waals surface area (Å²) in [6, 6.07) is 2.53. The lowest BCUT2D eigenvalue weighted by atomic mass is 9.80. The Kier molecular flexibility index (Phi) is 6.40. The number of carbonyl (C=O) groups excluding carboxylic acids is 2. The molecule has 1 saturated carbocycles. The largest absolute Gasteiger partial charge is 0.373 e. The van der Waals surface area contributed by atoms with Gasteiger partial charge in [0, 0.05) is 48.7 Å². The minimum atomic E-state index is -0.542. The number of pyridine rings is 1. The minimum Gasteiger partial charge on any atom is -0.373 e. The minimum absolute atomic E-state index is 0.154. The molecule has 4 aromatic heterocycles. The van der Waals surface area contributed by atoms with E-state index in [1.807, 2.05) is 23.9 Å². The van der Waals surface area contributed by atoms with Gasteiger partial charge in [-0.3, -0.25) is 24.2 Å². The lowest BCUT2D eigenvalue weighted by Crippen LogP contribution is -2.50. The molecule has 2 bridgehead atoms. The SMILES string of the molecule is Cc1ncc(C(=O)NCCN2CC3CCC2CC3)cc1-c1c(-c2cnn3c2COCC3)sc2c(C(N)=O)cnn12. The van der Waals surface area contributed by atoms with Gasteiger partial charge in [-0.1, -0.05) is 0 Å². The number of rotatable bonds is 7. The molecule has 1 aliphatic carbocycles. The van der Waals surface area contributed by atoms with Crippen LogP contribution in [0, 0.1) is 12.8 Å². The third-order valence-corrected chi connectivity index (χ3v) is 9.81. The van der Waals surface area contributed by atoms with Crippen molar-refractivity contribution in [2.24, 2.45) is 11.7 Å². The maximum atomic E-state index is 13.3. The van der Waals surface area contributed by atoms with E-state index in [9.17, 15) is 9.59 Å². The molecule has 0 aromatic carbocycles. The van der Waals surface area contributed by atoms with E-state index in [1.54, 1.807) is 10.7 Å². The van der Waals surface area contributed by atoms with Gasteiger partial charge in [0.1, 0.15) is 4.83 Å². The van der Waals surface area contributed by atoms with E-state index in [4.69, 9.17) is 10.5 Å². The van der Waals surface area contributed by atoms with Crippen molar-refractivity contribution in [2.45, 2.75) is 51.8 Å². The molecule has 0 spiro atoms. The smallest absolute Gasteiger partial charge is 0.253 e. The zero-order valence-electron chi connectivity index (χ0n) is 22.4. The number of hydrogen-bond donors (Lipinski definition) is 2. The number of aryl methyl sites for hydroxylation is 1. The van der Waals surface area contributed by atoms with Crippen molar-refractivity contribution in [2.75, 3.05) is 26.2 Å². The Morgan fingerprint density at radius 2 is 2.00 bits per heavy atom. The second-order valence-electron chi connectivity index (χ2n) is 11.0. The highest BCUT2D eigenvalue weighted by atomic mass is 32.1. The molecular weight excluding hydrogens is 528 g/mol. The van der Waals surface area contributed by atoms with Crippen molar-refractivity contribution in [3.63, 3.8) is 0 Å². The number of aromatic nitrogens is 5. The quantitative estimate of drug-likeness (QED) is 0.355. The van der Waals surface area contributed by atoms with Crippen molar-refractivity contribution >= 4 is 28.0 Å². The van der Waals surface area contributed by atoms with Crippen molar-refractivity contribution in [1.29, 1.82) is 0 Å². The lowest BCUT2D eigenvalue weighted by Gasteiger charge is -2.45. The number of nitrogens with one attached hydrogen (secondary N) is 1. The number of piperidine rings is 2. The van der Waals surface area contributed by atoms with Gasteiger partial charge >= 0.3 is 0 Å². The predicted octanol–water partition coefficient (Wildman–Crippen LogP) is 2.86. The summed E-state index contributed by atoms with van der Waals surface area (Å²) in [6.07, 6.45) is 10.2. The number of amides is 2. The van der Waals surface area contributed by atoms with Gasteiger partial charge in [-0.05, 0) is 44.6 Å². The molecule has 7 heterocycles. The fourth-order valence-corrected chi connectivity index (χ4v) is 7.70. The maximum absolute atomic E-state index is 13.3. The van der Waals surface area contributed by atoms with E-state index < -0.39 is 5.91 Å². The zero-order chi connectivity index (χ0) is 27.4. The molecule has 40 heavy (non-hydrogen) atoms. The highest BCUT2D eigenvalue weighted by Crippen LogP contribution is 2.43. The first kappa shape index (κ1) is 25.4. The first-order valence-electron chi connectivity index (χ1n) is 13.9. The molecular formula is C28H32N8O3S. The van der Waals surface area contributed by atoms with Gasteiger partial charge in [0.25, 0.3) is 11.8 Å². The third kappa shape index (κ3) is 4.30. The summed E-state index contributed by atoms with van der Waals surface area (Å²) in [7, 11) is 0. The van der Waals surface area contributed by atoms with Gasteiger partial charge in [-0.25, -0.2) is 4.52 Å². The number of primary amides is 1. The van der Waals surface area contributed by atoms with Crippen LogP contribution in [-0.4, -0.2) is 73.4 Å². The van der Waals surface area contributed by atoms with Crippen LogP contribution in [0.3, 0.4) is 0 Å². The highest BCUT2D eigenvalue weighted by Gasteiger charge is 2.33. The molecule has 3 fully saturated rings. The summed E-state index contributed by atoms with van der Waals surface area (Å²) >= 11 is 1.43. The molecule has 3 N–H and O–H groups in total. The molecule has 11 nitrogen and oxygen atoms in total. The Morgan fingerprint density at radius 1 is 1.15 bits per heavy atom. The Bertz CT molecular complexity index is 1610. The van der Waals surface area contributed by atoms with Gasteiger partial charge in [0.15, 0.2) is 0 Å². The highest BCUT2D eigenvalue weighted by molar-refractivity contribution is 7.21. The van der Waals surface area contributed by atoms with Crippen LogP contribution in [0.2, 0.25) is 0 Å². The Morgan fingerprint density at radius 3 is 2.77 bits per heavy atom. The molecule has 4 aliphatic rings. The van der Waals surface area contributed by atoms with E-state index in [2.05, 4.69) is 25.4 Å². The standard InChI is InChI=1S/C28H32N8O3S/c1-16-20(10-18(11-31-16)27(38)30-6-7-34-14-17-2-4-19(34)5-3-17)24-25(21-12-32-35-8-9-39-15-23(21)35)40-28-22(26(29)37)13-33-36(24)28/h10-13,17,19H,2-9,14-15H2,1H3,(H2,29,37)(H,30,38). The zero-order valence-corrected chi connectivity index (χ0v) is 23.2. The number of thiazole rings is 1. The molecule has 0 radical (unpaired) electrons. The number of nitrogens with zero attached hydrogens (tertiary/aromatic N) is 6. The van der Waals surface area contributed by atoms with Crippen LogP contribution in [0.15, 0.2) is 24.7 Å². The summed E-state index contributed by atoms with van der Waals surface area (Å²) in [5, 5.41) is 12.2. The van der Waals surface area contributed by atoms with Crippen LogP contribution >= 0.6 is 11.3 Å². The maximum Gasteiger partial charge on any atom is 0.253 e. The molecule has 0 atom stereocenters. The van der Waals surface area contributed by atoms with Crippen LogP contribution in [0.1, 0.15) is 57.8 Å². The topological polar surface area (TPSA) is 133 Å². The normalized spacial score (nSPS) is 20.6. The Balaban J connectivity index is 1.22. The molecule has 0 unspecified atom stereocenters. The summed E-state index contributed by atoms with van der Waals surface area (Å²) in [6.45, 7) is 6.25. The summed E-state index contributed by atoms with van der Waals surface area (Å²) < 4.78 is 9.40. The molecule has 3 aliphatic heterocycles. The number of fused-ring (bicyclic) bond motifs is 5. The van der Waals surface area contributed by atoms with Gasteiger partial charge in [-0.2, -0.15) is 10.2 Å². The van der Waals surface area contributed by atoms with Crippen LogP contribution in [0.5, 0.6) is 0 Å². The molecule has 2 saturated heterocycles. The summed E-state index contributed by atoms with van der Waals surface area (Å²) in [4.78, 5) is 34.1. The van der Waals surface area contributed by atoms with E-state index in [0.29, 0.717) is 48.3 Å². The summed E-state index contributed by atoms with van der Waals surface area (Å²) in [5.74, 6) is 0.116. The number of hydrogen-bond acceptors (Lipinski definition) is 8. The van der Waals surface area contributed by atoms with E-state index in [1.165, 1.54) is 43.2 Å². The lowest BCUT2D eigenvalue weighted by molar-refractivity contribution is 0.0494. The van der Waals surface area contributed by atoms with Gasteiger partial charge in [-0.15, -0.1) is 11.3 Å². The van der Waals surface area contributed by atoms with Crippen molar-refractivity contribution < 1.29 is 14.3 Å². The number of carbonyl (C=O) groups is 2. The molecule has 8 rings (SSSR count). The molecule has 12 heteroatoms. The van der Waals surface area contributed by atoms with Crippen LogP contribution in [-0.2, 0) is 17.9 Å². The van der Waals surface area contributed by atoms with Crippen LogP contribution in [0.25, 0.3) is 26.5 Å². The number of nitrogens with two attached hydrogens (primary N) is 1. The van der Waals surface area contributed by atoms with Crippen molar-refractivity contribution in [3.05, 3.63) is 47.2 Å². The average molecular weight is 561 g/mol. The Labute approximate surface area is 235 Å². The van der Waals surface area contributed by atoms with Gasteiger partial charge in [0.2, 0.25) is 0 Å². The van der Waals surface area contributed by atoms with E-state index >= 15 is 0 Å². The third-order valence-electron chi connectivity index (χ3n) is 8.61. The summed E-state index contributed by atoms with van der Waals surface area (Å²) in [5.41, 5.74) is 10.6. The van der Waals surface area contributed by atoms with Crippen LogP contribution in [0.4, 0.5) is 0 Å². The van der Waals surface area contributed by atoms with E-state index in [-0.39, 0.29) is 5.91 Å². The van der Waals surface area contributed by atoms with Gasteiger partial charge in [0.05, 0.1) is 59.5 Å². The predicted molar refractivity (Wildman–Crippen MR) is 150 cm³/mol. The second kappa shape index (κ2) is 10.1. The van der Waals surface area contributed by atoms with E-state index in [0.717, 1.165) is 52.1 Å². The molecule has 4 aromatic rings. The Hall–Kier alpha value is -3.61. The van der Waals surface area contributed by atoms with Crippen molar-refractivity contribution in [1.82, 2.24) is 34.6 Å². The fourth-order valence-electron chi connectivity index (χ4n) is 6.45. The fraction of sp³-hybridized carbons (Fsp3) is 0.464. The average Bonchev–Trinajstić information content (AvgIpc) is 3.67. The van der Waals surface area contributed by atoms with Crippen molar-refractivity contribution in [3.8, 4) is 21.7 Å². The van der Waals surface area contributed by atoms with Gasteiger partial charge < -0.3 is 15.8 Å². The first-order valence-corrected chi connectivity index (χ1v) is 14.7. The monoisotopic (exact) mass is 560 g/mol. The van der Waals surface area contributed by atoms with Crippen LogP contribution < -0.4 is 11.1 Å². The molecule has 2 amide bonds. The molecule has 208 valence electrons.